The van der Waals surface area contributed by atoms with Gasteiger partial charge in [-0.25, -0.2) is 13.2 Å². The van der Waals surface area contributed by atoms with Gasteiger partial charge in [0, 0.05) is 49.7 Å². The molecule has 7 rings (SSSR count). The number of hydrogen-bond donors (Lipinski definition) is 0. The van der Waals surface area contributed by atoms with Crippen molar-refractivity contribution in [2.75, 3.05) is 51.3 Å². The lowest BCUT2D eigenvalue weighted by Gasteiger charge is -2.40. The van der Waals surface area contributed by atoms with Gasteiger partial charge < -0.3 is 14.5 Å². The van der Waals surface area contributed by atoms with Gasteiger partial charge in [-0.3, -0.25) is 14.7 Å². The van der Waals surface area contributed by atoms with E-state index in [2.05, 4.69) is 21.4 Å². The molecule has 0 N–H and O–H groups in total. The summed E-state index contributed by atoms with van der Waals surface area (Å²) in [5.74, 6) is -2.33. The van der Waals surface area contributed by atoms with E-state index in [0.717, 1.165) is 44.8 Å². The molecular weight excluding hydrogens is 569 g/mol. The zero-order chi connectivity index (χ0) is 30.6. The molecule has 3 aliphatic heterocycles. The number of nitrogens with zero attached hydrogens (tertiary/aromatic N) is 6. The van der Waals surface area contributed by atoms with E-state index >= 15 is 8.78 Å². The summed E-state index contributed by atoms with van der Waals surface area (Å²) in [5.41, 5.74) is -0.0910. The summed E-state index contributed by atoms with van der Waals surface area (Å²) in [5, 5.41) is 0.746. The van der Waals surface area contributed by atoms with Gasteiger partial charge in [0.15, 0.2) is 17.5 Å². The van der Waals surface area contributed by atoms with Crippen molar-refractivity contribution in [1.29, 1.82) is 0 Å². The highest BCUT2D eigenvalue weighted by Gasteiger charge is 2.45. The maximum atomic E-state index is 16.5. The normalized spacial score (nSPS) is 18.0. The molecule has 5 heterocycles. The highest BCUT2D eigenvalue weighted by atomic mass is 19.2. The van der Waals surface area contributed by atoms with Gasteiger partial charge in [0.2, 0.25) is 5.91 Å². The van der Waals surface area contributed by atoms with Gasteiger partial charge in [0.1, 0.15) is 23.6 Å². The topological polar surface area (TPSA) is 74.7 Å². The second kappa shape index (κ2) is 11.0. The summed E-state index contributed by atoms with van der Waals surface area (Å²) < 4.78 is 52.1. The molecular formula is C33H33F3N6O2. The van der Waals surface area contributed by atoms with E-state index in [1.807, 2.05) is 11.9 Å². The molecule has 0 radical (unpaired) electrons. The van der Waals surface area contributed by atoms with Crippen LogP contribution in [-0.4, -0.2) is 82.6 Å². The number of halogens is 3. The van der Waals surface area contributed by atoms with Crippen LogP contribution in [0.1, 0.15) is 25.7 Å². The molecule has 4 aromatic rings. The summed E-state index contributed by atoms with van der Waals surface area (Å²) in [4.78, 5) is 31.7. The first-order valence-electron chi connectivity index (χ1n) is 15.0. The molecule has 2 aromatic heterocycles. The van der Waals surface area contributed by atoms with Crippen LogP contribution >= 0.6 is 0 Å². The molecule has 44 heavy (non-hydrogen) atoms. The van der Waals surface area contributed by atoms with E-state index < -0.39 is 17.5 Å². The van der Waals surface area contributed by atoms with E-state index in [0.29, 0.717) is 42.8 Å². The number of anilines is 1. The Morgan fingerprint density at radius 2 is 1.89 bits per heavy atom. The fraction of sp³-hybridized carbons (Fsp3) is 0.394. The van der Waals surface area contributed by atoms with Gasteiger partial charge in [-0.2, -0.15) is 9.97 Å². The molecule has 0 spiro atoms. The van der Waals surface area contributed by atoms with Gasteiger partial charge in [0.05, 0.1) is 10.9 Å². The molecule has 3 saturated heterocycles. The number of carbonyl (C=O) groups excluding carboxylic acids is 1. The molecule has 1 amide bonds. The molecule has 0 atom stereocenters. The third-order valence-electron chi connectivity index (χ3n) is 9.45. The van der Waals surface area contributed by atoms with Gasteiger partial charge in [0.25, 0.3) is 0 Å². The van der Waals surface area contributed by atoms with Crippen LogP contribution in [0.3, 0.4) is 0 Å². The number of rotatable bonds is 8. The molecule has 0 saturated carbocycles. The summed E-state index contributed by atoms with van der Waals surface area (Å²) >= 11 is 0. The first kappa shape index (κ1) is 28.5. The largest absolute Gasteiger partial charge is 0.461 e. The Morgan fingerprint density at radius 3 is 2.64 bits per heavy atom. The van der Waals surface area contributed by atoms with Crippen LogP contribution in [-0.2, 0) is 4.79 Å². The van der Waals surface area contributed by atoms with Crippen LogP contribution < -0.4 is 9.64 Å². The SMILES string of the molecule is C=CC(=O)N1CC(CN(C)c2nc(OCC34CCCN3CCC4)nc3c(F)c(-c4cccc5ccc(F)c(F)c45)ncc23)C1. The highest BCUT2D eigenvalue weighted by molar-refractivity contribution is 5.99. The maximum Gasteiger partial charge on any atom is 0.319 e. The van der Waals surface area contributed by atoms with Gasteiger partial charge in [-0.05, 0) is 56.3 Å². The Hall–Kier alpha value is -4.25. The predicted molar refractivity (Wildman–Crippen MR) is 162 cm³/mol. The molecule has 0 unspecified atom stereocenters. The molecule has 0 bridgehead atoms. The number of amides is 1. The Balaban J connectivity index is 1.29. The number of hydrogen-bond acceptors (Lipinski definition) is 7. The highest BCUT2D eigenvalue weighted by Crippen LogP contribution is 2.40. The molecule has 11 heteroatoms. The van der Waals surface area contributed by atoms with Crippen molar-refractivity contribution in [2.45, 2.75) is 31.2 Å². The van der Waals surface area contributed by atoms with E-state index in [4.69, 9.17) is 9.72 Å². The lowest BCUT2D eigenvalue weighted by molar-refractivity contribution is -0.131. The minimum absolute atomic E-state index is 0.0139. The Morgan fingerprint density at radius 1 is 1.11 bits per heavy atom. The van der Waals surface area contributed by atoms with Crippen molar-refractivity contribution in [3.8, 4) is 17.3 Å². The van der Waals surface area contributed by atoms with Gasteiger partial charge >= 0.3 is 6.01 Å². The average Bonchev–Trinajstić information content (AvgIpc) is 3.59. The molecule has 2 aromatic carbocycles. The van der Waals surface area contributed by atoms with Crippen molar-refractivity contribution in [3.63, 3.8) is 0 Å². The minimum Gasteiger partial charge on any atom is -0.461 e. The van der Waals surface area contributed by atoms with Crippen LogP contribution in [0.2, 0.25) is 0 Å². The minimum atomic E-state index is -1.06. The molecule has 228 valence electrons. The first-order valence-corrected chi connectivity index (χ1v) is 15.0. The van der Waals surface area contributed by atoms with E-state index in [1.54, 1.807) is 17.0 Å². The summed E-state index contributed by atoms with van der Waals surface area (Å²) in [7, 11) is 1.85. The Labute approximate surface area is 253 Å². The Bertz CT molecular complexity index is 1780. The van der Waals surface area contributed by atoms with Gasteiger partial charge in [-0.1, -0.05) is 30.8 Å². The van der Waals surface area contributed by atoms with Crippen molar-refractivity contribution in [3.05, 3.63) is 66.6 Å². The van der Waals surface area contributed by atoms with Gasteiger partial charge in [-0.15, -0.1) is 0 Å². The molecule has 0 aliphatic carbocycles. The number of carbonyl (C=O) groups is 1. The smallest absolute Gasteiger partial charge is 0.319 e. The summed E-state index contributed by atoms with van der Waals surface area (Å²) in [6.07, 6.45) is 7.05. The van der Waals surface area contributed by atoms with Crippen LogP contribution in [0.15, 0.2) is 49.2 Å². The summed E-state index contributed by atoms with van der Waals surface area (Å²) in [6, 6.07) is 7.37. The van der Waals surface area contributed by atoms with Crippen molar-refractivity contribution < 1.29 is 22.7 Å². The van der Waals surface area contributed by atoms with E-state index in [1.165, 1.54) is 24.4 Å². The molecule has 3 fully saturated rings. The quantitative estimate of drug-likeness (QED) is 0.252. The maximum absolute atomic E-state index is 16.5. The van der Waals surface area contributed by atoms with E-state index in [-0.39, 0.29) is 45.5 Å². The van der Waals surface area contributed by atoms with E-state index in [9.17, 15) is 9.18 Å². The lowest BCUT2D eigenvalue weighted by Crippen LogP contribution is -2.53. The van der Waals surface area contributed by atoms with Crippen LogP contribution in [0.5, 0.6) is 6.01 Å². The number of pyridine rings is 1. The average molecular weight is 603 g/mol. The van der Waals surface area contributed by atoms with Crippen LogP contribution in [0, 0.1) is 23.4 Å². The second-order valence-electron chi connectivity index (χ2n) is 12.2. The number of ether oxygens (including phenoxy) is 1. The number of fused-ring (bicyclic) bond motifs is 3. The predicted octanol–water partition coefficient (Wildman–Crippen LogP) is 5.35. The van der Waals surface area contributed by atoms with Crippen LogP contribution in [0.4, 0.5) is 19.0 Å². The lowest BCUT2D eigenvalue weighted by atomic mass is 9.95. The standard InChI is InChI=1S/C33H33F3N6O2/c1-3-25(43)41-17-20(18-41)16-40(2)31-23-15-37-29(22-8-4-7-21-9-10-24(34)27(35)26(21)22)28(36)30(23)38-32(39-31)44-19-33-11-5-13-42(33)14-6-12-33/h3-4,7-10,15,20H,1,5-6,11-14,16-19H2,2H3. The third-order valence-corrected chi connectivity index (χ3v) is 9.45. The third kappa shape index (κ3) is 4.74. The monoisotopic (exact) mass is 602 g/mol. The zero-order valence-electron chi connectivity index (χ0n) is 24.5. The van der Waals surface area contributed by atoms with Crippen molar-refractivity contribution in [1.82, 2.24) is 24.8 Å². The molecule has 8 nitrogen and oxygen atoms in total. The zero-order valence-corrected chi connectivity index (χ0v) is 24.5. The molecule has 3 aliphatic rings. The van der Waals surface area contributed by atoms with Crippen molar-refractivity contribution >= 4 is 33.4 Å². The number of likely N-dealkylation sites (tertiary alicyclic amines) is 1. The van der Waals surface area contributed by atoms with Crippen molar-refractivity contribution in [2.24, 2.45) is 5.92 Å². The first-order chi connectivity index (χ1) is 21.3. The second-order valence-corrected chi connectivity index (χ2v) is 12.2. The fourth-order valence-electron chi connectivity index (χ4n) is 7.20. The number of aromatic nitrogens is 3. The fourth-order valence-corrected chi connectivity index (χ4v) is 7.20. The Kier molecular flexibility index (Phi) is 7.15. The summed E-state index contributed by atoms with van der Waals surface area (Å²) in [6.45, 7) is 7.75. The number of benzene rings is 2. The van der Waals surface area contributed by atoms with Crippen LogP contribution in [0.25, 0.3) is 32.9 Å².